The highest BCUT2D eigenvalue weighted by atomic mass is 32.1. The van der Waals surface area contributed by atoms with Crippen molar-refractivity contribution in [1.29, 1.82) is 0 Å². The molecule has 0 bridgehead atoms. The Kier molecular flexibility index (Phi) is 18.0. The maximum Gasteiger partial charge on any atom is 0.231 e. The van der Waals surface area contributed by atoms with E-state index in [9.17, 15) is 0 Å². The minimum absolute atomic E-state index is 0. The molecule has 0 aliphatic carbocycles. The predicted molar refractivity (Wildman–Crippen MR) is 133 cm³/mol. The van der Waals surface area contributed by atoms with Crippen LogP contribution >= 0.6 is 12.6 Å². The van der Waals surface area contributed by atoms with Crippen molar-refractivity contribution >= 4 is 30.5 Å². The molecular formula is C22H46N6S. The second-order valence-corrected chi connectivity index (χ2v) is 8.09. The van der Waals surface area contributed by atoms with Gasteiger partial charge in [-0.2, -0.15) is 27.6 Å². The number of aromatic nitrogens is 3. The topological polar surface area (TPSA) is 66.0 Å². The minimum atomic E-state index is 0. The zero-order valence-electron chi connectivity index (χ0n) is 18.3. The average Bonchev–Trinajstić information content (AvgIpc) is 2.69. The van der Waals surface area contributed by atoms with Crippen LogP contribution in [0.1, 0.15) is 91.4 Å². The van der Waals surface area contributed by atoms with Crippen LogP contribution in [0.25, 0.3) is 0 Å². The summed E-state index contributed by atoms with van der Waals surface area (Å²) in [6.45, 7) is 3.92. The smallest absolute Gasteiger partial charge is 0.231 e. The molecule has 0 amide bonds. The van der Waals surface area contributed by atoms with Crippen LogP contribution in [0.15, 0.2) is 0 Å². The number of nitrogens with zero attached hydrogens (tertiary/aromatic N) is 4. The normalized spacial score (nSPS) is 10.5. The zero-order chi connectivity index (χ0) is 20.5. The molecule has 29 heavy (non-hydrogen) atoms. The molecule has 0 aliphatic rings. The summed E-state index contributed by atoms with van der Waals surface area (Å²) in [6.07, 6.45) is 16.3. The summed E-state index contributed by atoms with van der Waals surface area (Å²) in [7, 11) is 3.87. The van der Waals surface area contributed by atoms with E-state index in [1.54, 1.807) is 0 Å². The summed E-state index contributed by atoms with van der Waals surface area (Å²) >= 11 is 4.22. The van der Waals surface area contributed by atoms with Gasteiger partial charge in [-0.15, -0.1) is 0 Å². The highest BCUT2D eigenvalue weighted by Gasteiger charge is 2.07. The molecule has 170 valence electrons. The van der Waals surface area contributed by atoms with Gasteiger partial charge < -0.3 is 15.5 Å². The Morgan fingerprint density at radius 1 is 0.690 bits per heavy atom. The summed E-state index contributed by atoms with van der Waals surface area (Å²) < 4.78 is 0. The van der Waals surface area contributed by atoms with Gasteiger partial charge in [0.2, 0.25) is 17.8 Å². The van der Waals surface area contributed by atoms with Gasteiger partial charge in [0, 0.05) is 32.9 Å². The SMILES string of the molecule is C.CCCCCCCCCCCCCCNc1nc(NCCS)nc(N(C)C)n1. The molecular weight excluding hydrogens is 380 g/mol. The number of hydrogen-bond acceptors (Lipinski definition) is 7. The molecule has 0 saturated heterocycles. The van der Waals surface area contributed by atoms with E-state index in [2.05, 4.69) is 45.1 Å². The van der Waals surface area contributed by atoms with Crippen LogP contribution in [0.5, 0.6) is 0 Å². The molecule has 0 aromatic carbocycles. The molecule has 2 N–H and O–H groups in total. The number of thiol groups is 1. The van der Waals surface area contributed by atoms with E-state index >= 15 is 0 Å². The van der Waals surface area contributed by atoms with Crippen LogP contribution in [0.3, 0.4) is 0 Å². The quantitative estimate of drug-likeness (QED) is 0.197. The molecule has 1 heterocycles. The molecule has 1 rings (SSSR count). The Morgan fingerprint density at radius 3 is 1.59 bits per heavy atom. The molecule has 0 saturated carbocycles. The van der Waals surface area contributed by atoms with Crippen molar-refractivity contribution in [3.05, 3.63) is 0 Å². The van der Waals surface area contributed by atoms with Crippen LogP contribution in [0, 0.1) is 0 Å². The number of rotatable bonds is 18. The Bertz CT molecular complexity index is 498. The van der Waals surface area contributed by atoms with Crippen molar-refractivity contribution in [2.75, 3.05) is 48.5 Å². The highest BCUT2D eigenvalue weighted by molar-refractivity contribution is 7.80. The maximum atomic E-state index is 4.47. The Balaban J connectivity index is 0.00000784. The second kappa shape index (κ2) is 18.8. The molecule has 0 atom stereocenters. The van der Waals surface area contributed by atoms with Gasteiger partial charge in [-0.05, 0) is 6.42 Å². The first kappa shape index (κ1) is 27.8. The van der Waals surface area contributed by atoms with Crippen molar-refractivity contribution in [2.45, 2.75) is 91.4 Å². The average molecular weight is 427 g/mol. The molecule has 0 unspecified atom stereocenters. The largest absolute Gasteiger partial charge is 0.354 e. The molecule has 7 heteroatoms. The summed E-state index contributed by atoms with van der Waals surface area (Å²) in [4.78, 5) is 15.2. The Labute approximate surface area is 185 Å². The monoisotopic (exact) mass is 426 g/mol. The lowest BCUT2D eigenvalue weighted by molar-refractivity contribution is 0.546. The van der Waals surface area contributed by atoms with Gasteiger partial charge in [0.25, 0.3) is 0 Å². The van der Waals surface area contributed by atoms with E-state index in [0.717, 1.165) is 25.3 Å². The summed E-state index contributed by atoms with van der Waals surface area (Å²) in [5.74, 6) is 2.65. The number of hydrogen-bond donors (Lipinski definition) is 3. The lowest BCUT2D eigenvalue weighted by Gasteiger charge is -2.14. The summed E-state index contributed by atoms with van der Waals surface area (Å²) in [5, 5.41) is 6.52. The van der Waals surface area contributed by atoms with E-state index in [-0.39, 0.29) is 7.43 Å². The third-order valence-electron chi connectivity index (χ3n) is 4.73. The highest BCUT2D eigenvalue weighted by Crippen LogP contribution is 2.13. The van der Waals surface area contributed by atoms with Gasteiger partial charge in [-0.25, -0.2) is 0 Å². The lowest BCUT2D eigenvalue weighted by Crippen LogP contribution is -2.18. The van der Waals surface area contributed by atoms with Gasteiger partial charge in [0.05, 0.1) is 0 Å². The van der Waals surface area contributed by atoms with Gasteiger partial charge >= 0.3 is 0 Å². The van der Waals surface area contributed by atoms with Crippen LogP contribution in [0.2, 0.25) is 0 Å². The zero-order valence-corrected chi connectivity index (χ0v) is 19.2. The van der Waals surface area contributed by atoms with Gasteiger partial charge in [0.1, 0.15) is 0 Å². The first-order valence-corrected chi connectivity index (χ1v) is 11.8. The van der Waals surface area contributed by atoms with Gasteiger partial charge in [-0.3, -0.25) is 0 Å². The fourth-order valence-corrected chi connectivity index (χ4v) is 3.17. The van der Waals surface area contributed by atoms with E-state index in [0.29, 0.717) is 17.8 Å². The summed E-state index contributed by atoms with van der Waals surface area (Å²) in [5.41, 5.74) is 0. The van der Waals surface area contributed by atoms with E-state index < -0.39 is 0 Å². The Morgan fingerprint density at radius 2 is 1.14 bits per heavy atom. The molecule has 1 aromatic heterocycles. The van der Waals surface area contributed by atoms with E-state index in [1.165, 1.54) is 70.6 Å². The van der Waals surface area contributed by atoms with Crippen LogP contribution in [-0.4, -0.2) is 47.9 Å². The van der Waals surface area contributed by atoms with Crippen molar-refractivity contribution < 1.29 is 0 Å². The first-order chi connectivity index (χ1) is 13.7. The van der Waals surface area contributed by atoms with Crippen molar-refractivity contribution in [2.24, 2.45) is 0 Å². The van der Waals surface area contributed by atoms with Crippen LogP contribution in [-0.2, 0) is 0 Å². The molecule has 0 radical (unpaired) electrons. The van der Waals surface area contributed by atoms with E-state index in [4.69, 9.17) is 0 Å². The van der Waals surface area contributed by atoms with Crippen LogP contribution < -0.4 is 15.5 Å². The van der Waals surface area contributed by atoms with Crippen molar-refractivity contribution in [3.8, 4) is 0 Å². The van der Waals surface area contributed by atoms with Crippen molar-refractivity contribution in [3.63, 3.8) is 0 Å². The Hall–Kier alpha value is -1.24. The number of nitrogens with one attached hydrogen (secondary N) is 2. The molecule has 0 aliphatic heterocycles. The third-order valence-corrected chi connectivity index (χ3v) is 4.96. The number of anilines is 3. The fraction of sp³-hybridized carbons (Fsp3) is 0.864. The predicted octanol–water partition coefficient (Wildman–Crippen LogP) is 6.03. The molecule has 0 spiro atoms. The maximum absolute atomic E-state index is 4.47. The first-order valence-electron chi connectivity index (χ1n) is 11.2. The van der Waals surface area contributed by atoms with Gasteiger partial charge in [0.15, 0.2) is 0 Å². The van der Waals surface area contributed by atoms with Crippen LogP contribution in [0.4, 0.5) is 17.8 Å². The molecule has 6 nitrogen and oxygen atoms in total. The minimum Gasteiger partial charge on any atom is -0.354 e. The molecule has 0 fully saturated rings. The number of unbranched alkanes of at least 4 members (excludes halogenated alkanes) is 11. The van der Waals surface area contributed by atoms with Gasteiger partial charge in [-0.1, -0.05) is 85.0 Å². The fourth-order valence-electron chi connectivity index (χ4n) is 3.06. The standard InChI is InChI=1S/C21H42N6S.CH4/c1-4-5-6-7-8-9-10-11-12-13-14-15-16-22-19-24-20(23-17-18-28)26-21(25-19)27(2)3;/h28H,4-18H2,1-3H3,(H2,22,23,24,25,26);1H4. The lowest BCUT2D eigenvalue weighted by atomic mass is 10.1. The third kappa shape index (κ3) is 14.4. The summed E-state index contributed by atoms with van der Waals surface area (Å²) in [6, 6.07) is 0. The second-order valence-electron chi connectivity index (χ2n) is 7.64. The van der Waals surface area contributed by atoms with Crippen molar-refractivity contribution in [1.82, 2.24) is 15.0 Å². The van der Waals surface area contributed by atoms with E-state index in [1.807, 2.05) is 19.0 Å². The molecule has 1 aromatic rings.